The number of hydrogen-bond acceptors (Lipinski definition) is 6. The summed E-state index contributed by atoms with van der Waals surface area (Å²) in [6.07, 6.45) is -1.06. The number of ether oxygens (including phenoxy) is 2. The van der Waals surface area contributed by atoms with Crippen molar-refractivity contribution in [1.82, 2.24) is 0 Å². The van der Waals surface area contributed by atoms with Crippen LogP contribution in [0.1, 0.15) is 17.5 Å². The summed E-state index contributed by atoms with van der Waals surface area (Å²) in [6.45, 7) is -0.251. The summed E-state index contributed by atoms with van der Waals surface area (Å²) in [6, 6.07) is 10.5. The maximum atomic E-state index is 10.9. The fraction of sp³-hybridized carbons (Fsp3) is 0.333. The maximum absolute atomic E-state index is 10.9. The number of aliphatic hydroxyl groups is 2. The summed E-state index contributed by atoms with van der Waals surface area (Å²) >= 11 is 0. The third-order valence-corrected chi connectivity index (χ3v) is 4.68. The molecule has 7 heteroatoms. The molecule has 4 rings (SSSR count). The molecule has 0 bridgehead atoms. The van der Waals surface area contributed by atoms with E-state index in [0.717, 1.165) is 22.3 Å². The molecule has 130 valence electrons. The molecule has 2 aromatic rings. The third-order valence-electron chi connectivity index (χ3n) is 4.68. The molecular formula is C18H17NO6. The molecule has 0 spiro atoms. The summed E-state index contributed by atoms with van der Waals surface area (Å²) in [7, 11) is 0. The Hall–Kier alpha value is -2.48. The van der Waals surface area contributed by atoms with Gasteiger partial charge in [-0.3, -0.25) is 10.1 Å². The summed E-state index contributed by atoms with van der Waals surface area (Å²) in [5.74, 6) is 0.608. The van der Waals surface area contributed by atoms with Crippen LogP contribution in [-0.4, -0.2) is 40.2 Å². The molecule has 0 amide bonds. The molecule has 1 heterocycles. The molecular weight excluding hydrogens is 326 g/mol. The van der Waals surface area contributed by atoms with Gasteiger partial charge in [0.1, 0.15) is 11.9 Å². The molecule has 3 atom stereocenters. The lowest BCUT2D eigenvalue weighted by atomic mass is 10.1. The first kappa shape index (κ1) is 16.0. The minimum absolute atomic E-state index is 0.0893. The standard InChI is InChI=1S/C18H17NO6/c20-9-17-16(21)8-18(25-17)24-13-2-4-15-11(7-13)5-10-6-12(19(22)23)1-3-14(10)15/h1-4,6-7,16-18,20-21H,5,8-9H2/t16-,17+,18?/m0/s1. The molecule has 1 unspecified atom stereocenters. The van der Waals surface area contributed by atoms with Gasteiger partial charge in [-0.25, -0.2) is 0 Å². The molecule has 2 aromatic carbocycles. The quantitative estimate of drug-likeness (QED) is 0.555. The lowest BCUT2D eigenvalue weighted by molar-refractivity contribution is -0.384. The van der Waals surface area contributed by atoms with E-state index in [-0.39, 0.29) is 12.3 Å². The molecule has 0 saturated carbocycles. The lowest BCUT2D eigenvalue weighted by Gasteiger charge is -2.15. The Kier molecular flexibility index (Phi) is 3.91. The predicted octanol–water partition coefficient (Wildman–Crippen LogP) is 2.01. The van der Waals surface area contributed by atoms with E-state index < -0.39 is 23.4 Å². The highest BCUT2D eigenvalue weighted by molar-refractivity contribution is 5.78. The lowest BCUT2D eigenvalue weighted by Crippen LogP contribution is -2.24. The van der Waals surface area contributed by atoms with Crippen molar-refractivity contribution in [1.29, 1.82) is 0 Å². The van der Waals surface area contributed by atoms with Crippen LogP contribution in [0.5, 0.6) is 5.75 Å². The Morgan fingerprint density at radius 3 is 2.60 bits per heavy atom. The molecule has 7 nitrogen and oxygen atoms in total. The fourth-order valence-corrected chi connectivity index (χ4v) is 3.44. The van der Waals surface area contributed by atoms with Crippen LogP contribution in [0.3, 0.4) is 0 Å². The van der Waals surface area contributed by atoms with Crippen LogP contribution in [0.15, 0.2) is 36.4 Å². The van der Waals surface area contributed by atoms with Gasteiger partial charge in [-0.2, -0.15) is 0 Å². The number of rotatable bonds is 4. The van der Waals surface area contributed by atoms with E-state index in [9.17, 15) is 15.2 Å². The zero-order valence-corrected chi connectivity index (χ0v) is 13.3. The zero-order chi connectivity index (χ0) is 17.6. The highest BCUT2D eigenvalue weighted by Crippen LogP contribution is 2.40. The molecule has 1 saturated heterocycles. The van der Waals surface area contributed by atoms with Gasteiger partial charge in [0, 0.05) is 18.6 Å². The second-order valence-corrected chi connectivity index (χ2v) is 6.30. The van der Waals surface area contributed by atoms with Gasteiger partial charge >= 0.3 is 0 Å². The first-order chi connectivity index (χ1) is 12.0. The van der Waals surface area contributed by atoms with Crippen molar-refractivity contribution in [2.24, 2.45) is 0 Å². The number of nitro groups is 1. The number of benzene rings is 2. The van der Waals surface area contributed by atoms with Gasteiger partial charge < -0.3 is 19.7 Å². The van der Waals surface area contributed by atoms with Crippen LogP contribution in [0.2, 0.25) is 0 Å². The molecule has 1 aliphatic carbocycles. The minimum atomic E-state index is -0.741. The van der Waals surface area contributed by atoms with Crippen LogP contribution in [0, 0.1) is 10.1 Å². The van der Waals surface area contributed by atoms with Crippen LogP contribution in [0.25, 0.3) is 11.1 Å². The van der Waals surface area contributed by atoms with Gasteiger partial charge in [0.15, 0.2) is 0 Å². The number of hydrogen-bond donors (Lipinski definition) is 2. The van der Waals surface area contributed by atoms with Crippen LogP contribution < -0.4 is 4.74 Å². The van der Waals surface area contributed by atoms with E-state index in [1.807, 2.05) is 18.2 Å². The second kappa shape index (κ2) is 6.11. The minimum Gasteiger partial charge on any atom is -0.465 e. The molecule has 0 aromatic heterocycles. The number of nitrogens with zero attached hydrogens (tertiary/aromatic N) is 1. The highest BCUT2D eigenvalue weighted by atomic mass is 16.7. The Labute approximate surface area is 143 Å². The van der Waals surface area contributed by atoms with E-state index in [1.165, 1.54) is 6.07 Å². The van der Waals surface area contributed by atoms with Crippen LogP contribution in [-0.2, 0) is 11.2 Å². The maximum Gasteiger partial charge on any atom is 0.269 e. The SMILES string of the molecule is O=[N+]([O-])c1ccc2c(c1)Cc1cc(OC3C[C@H](O)[C@@H](CO)O3)ccc1-2. The van der Waals surface area contributed by atoms with Crippen LogP contribution >= 0.6 is 0 Å². The van der Waals surface area contributed by atoms with E-state index in [1.54, 1.807) is 12.1 Å². The fourth-order valence-electron chi connectivity index (χ4n) is 3.44. The Balaban J connectivity index is 1.54. The third kappa shape index (κ3) is 2.86. The number of nitro benzene ring substituents is 1. The van der Waals surface area contributed by atoms with Crippen molar-refractivity contribution in [3.63, 3.8) is 0 Å². The largest absolute Gasteiger partial charge is 0.465 e. The van der Waals surface area contributed by atoms with Crippen molar-refractivity contribution < 1.29 is 24.6 Å². The summed E-state index contributed by atoms with van der Waals surface area (Å²) in [4.78, 5) is 10.5. The van der Waals surface area contributed by atoms with Crippen molar-refractivity contribution in [3.05, 3.63) is 57.6 Å². The van der Waals surface area contributed by atoms with Gasteiger partial charge in [-0.05, 0) is 46.9 Å². The van der Waals surface area contributed by atoms with Gasteiger partial charge in [0.05, 0.1) is 17.6 Å². The van der Waals surface area contributed by atoms with Gasteiger partial charge in [-0.15, -0.1) is 0 Å². The summed E-state index contributed by atoms with van der Waals surface area (Å²) in [5.41, 5.74) is 4.09. The molecule has 1 aliphatic heterocycles. The Morgan fingerprint density at radius 2 is 1.92 bits per heavy atom. The van der Waals surface area contributed by atoms with Crippen molar-refractivity contribution >= 4 is 5.69 Å². The van der Waals surface area contributed by atoms with Crippen molar-refractivity contribution in [3.8, 4) is 16.9 Å². The monoisotopic (exact) mass is 343 g/mol. The average molecular weight is 343 g/mol. The zero-order valence-electron chi connectivity index (χ0n) is 13.3. The van der Waals surface area contributed by atoms with Crippen LogP contribution in [0.4, 0.5) is 5.69 Å². The summed E-state index contributed by atoms with van der Waals surface area (Å²) in [5, 5.41) is 29.8. The average Bonchev–Trinajstić information content (AvgIpc) is 3.13. The second-order valence-electron chi connectivity index (χ2n) is 6.30. The number of non-ortho nitro benzene ring substituents is 1. The van der Waals surface area contributed by atoms with E-state index in [2.05, 4.69) is 0 Å². The van der Waals surface area contributed by atoms with Crippen molar-refractivity contribution in [2.75, 3.05) is 6.61 Å². The van der Waals surface area contributed by atoms with Gasteiger partial charge in [-0.1, -0.05) is 6.07 Å². The number of aliphatic hydroxyl groups excluding tert-OH is 2. The molecule has 2 aliphatic rings. The predicted molar refractivity (Wildman–Crippen MR) is 88.3 cm³/mol. The number of fused-ring (bicyclic) bond motifs is 3. The molecule has 25 heavy (non-hydrogen) atoms. The first-order valence-corrected chi connectivity index (χ1v) is 8.07. The van der Waals surface area contributed by atoms with Crippen molar-refractivity contribution in [2.45, 2.75) is 31.3 Å². The Bertz CT molecular complexity index is 836. The molecule has 1 fully saturated rings. The highest BCUT2D eigenvalue weighted by Gasteiger charge is 2.35. The van der Waals surface area contributed by atoms with E-state index >= 15 is 0 Å². The smallest absolute Gasteiger partial charge is 0.269 e. The van der Waals surface area contributed by atoms with Gasteiger partial charge in [0.25, 0.3) is 5.69 Å². The van der Waals surface area contributed by atoms with Gasteiger partial charge in [0.2, 0.25) is 6.29 Å². The first-order valence-electron chi connectivity index (χ1n) is 8.07. The summed E-state index contributed by atoms with van der Waals surface area (Å²) < 4.78 is 11.2. The molecule has 2 N–H and O–H groups in total. The normalized spacial score (nSPS) is 24.0. The topological polar surface area (TPSA) is 102 Å². The van der Waals surface area contributed by atoms with E-state index in [0.29, 0.717) is 18.6 Å². The molecule has 0 radical (unpaired) electrons. The van der Waals surface area contributed by atoms with E-state index in [4.69, 9.17) is 14.6 Å². The Morgan fingerprint density at radius 1 is 1.20 bits per heavy atom.